The largest absolute Gasteiger partial charge is 0.349 e. The molecule has 0 unspecified atom stereocenters. The first-order chi connectivity index (χ1) is 14.1. The van der Waals surface area contributed by atoms with Crippen molar-refractivity contribution in [1.82, 2.24) is 10.2 Å². The Balaban J connectivity index is 1.50. The fraction of sp³-hybridized carbons (Fsp3) is 0.333. The van der Waals surface area contributed by atoms with Crippen molar-refractivity contribution < 1.29 is 9.59 Å². The number of nitrogens with one attached hydrogen (secondary N) is 1. The number of benzene rings is 2. The maximum atomic E-state index is 12.8. The Hall–Kier alpha value is -2.40. The fourth-order valence-corrected chi connectivity index (χ4v) is 3.87. The number of hydrogen-bond donors (Lipinski definition) is 1. The highest BCUT2D eigenvalue weighted by molar-refractivity contribution is 9.10. The molecule has 1 saturated heterocycles. The normalized spacial score (nSPS) is 16.0. The molecule has 0 spiro atoms. The monoisotopic (exact) mass is 454 g/mol. The molecule has 1 aliphatic heterocycles. The fourth-order valence-electron chi connectivity index (χ4n) is 3.60. The van der Waals surface area contributed by atoms with E-state index in [0.717, 1.165) is 22.0 Å². The van der Waals surface area contributed by atoms with Gasteiger partial charge in [-0.05, 0) is 48.6 Å². The van der Waals surface area contributed by atoms with Gasteiger partial charge in [0, 0.05) is 29.6 Å². The molecule has 0 aliphatic carbocycles. The van der Waals surface area contributed by atoms with E-state index in [1.54, 1.807) is 6.08 Å². The third-order valence-corrected chi connectivity index (χ3v) is 5.92. The number of piperidine rings is 1. The number of carbonyl (C=O) groups excluding carboxylic acids is 2. The highest BCUT2D eigenvalue weighted by Crippen LogP contribution is 2.23. The molecule has 4 nitrogen and oxygen atoms in total. The van der Waals surface area contributed by atoms with Crippen LogP contribution in [0, 0.1) is 5.92 Å². The molecule has 152 valence electrons. The molecule has 29 heavy (non-hydrogen) atoms. The van der Waals surface area contributed by atoms with Crippen molar-refractivity contribution in [3.8, 4) is 0 Å². The summed E-state index contributed by atoms with van der Waals surface area (Å²) in [4.78, 5) is 27.0. The van der Waals surface area contributed by atoms with Crippen LogP contribution in [0.5, 0.6) is 0 Å². The Labute approximate surface area is 181 Å². The molecule has 0 radical (unpaired) electrons. The first-order valence-corrected chi connectivity index (χ1v) is 10.9. The molecule has 1 aliphatic rings. The van der Waals surface area contributed by atoms with Gasteiger partial charge in [-0.1, -0.05) is 65.3 Å². The highest BCUT2D eigenvalue weighted by atomic mass is 79.9. The van der Waals surface area contributed by atoms with Gasteiger partial charge in [0.25, 0.3) is 0 Å². The zero-order chi connectivity index (χ0) is 20.6. The summed E-state index contributed by atoms with van der Waals surface area (Å²) < 4.78 is 1.03. The predicted molar refractivity (Wildman–Crippen MR) is 120 cm³/mol. The summed E-state index contributed by atoms with van der Waals surface area (Å²) in [5.74, 6) is 0.0577. The van der Waals surface area contributed by atoms with E-state index < -0.39 is 0 Å². The van der Waals surface area contributed by atoms with Crippen molar-refractivity contribution in [2.75, 3.05) is 13.1 Å². The Morgan fingerprint density at radius 1 is 1.10 bits per heavy atom. The molecule has 1 atom stereocenters. The van der Waals surface area contributed by atoms with Gasteiger partial charge < -0.3 is 10.2 Å². The molecule has 2 aromatic carbocycles. The van der Waals surface area contributed by atoms with Crippen LogP contribution in [0.1, 0.15) is 43.4 Å². The highest BCUT2D eigenvalue weighted by Gasteiger charge is 2.27. The van der Waals surface area contributed by atoms with Gasteiger partial charge in [-0.2, -0.15) is 0 Å². The molecule has 1 N–H and O–H groups in total. The van der Waals surface area contributed by atoms with E-state index in [2.05, 4.69) is 28.2 Å². The molecule has 0 saturated carbocycles. The Morgan fingerprint density at radius 3 is 2.38 bits per heavy atom. The van der Waals surface area contributed by atoms with Crippen molar-refractivity contribution in [1.29, 1.82) is 0 Å². The van der Waals surface area contributed by atoms with Gasteiger partial charge in [0.15, 0.2) is 0 Å². The Kier molecular flexibility index (Phi) is 7.64. The Bertz CT molecular complexity index is 841. The van der Waals surface area contributed by atoms with E-state index in [0.29, 0.717) is 25.9 Å². The molecule has 3 rings (SSSR count). The minimum atomic E-state index is -0.0401. The van der Waals surface area contributed by atoms with Crippen LogP contribution in [-0.4, -0.2) is 29.8 Å². The third kappa shape index (κ3) is 6.04. The first-order valence-electron chi connectivity index (χ1n) is 10.1. The summed E-state index contributed by atoms with van der Waals surface area (Å²) in [6.07, 6.45) is 5.71. The summed E-state index contributed by atoms with van der Waals surface area (Å²) in [5.41, 5.74) is 2.12. The Morgan fingerprint density at radius 2 is 1.76 bits per heavy atom. The van der Waals surface area contributed by atoms with Crippen LogP contribution in [0.3, 0.4) is 0 Å². The van der Waals surface area contributed by atoms with E-state index in [-0.39, 0.29) is 23.8 Å². The van der Waals surface area contributed by atoms with Crippen LogP contribution in [0.25, 0.3) is 6.08 Å². The van der Waals surface area contributed by atoms with Gasteiger partial charge in [0.1, 0.15) is 0 Å². The third-order valence-electron chi connectivity index (χ3n) is 5.39. The summed E-state index contributed by atoms with van der Waals surface area (Å²) in [6, 6.07) is 17.9. The average molecular weight is 455 g/mol. The summed E-state index contributed by atoms with van der Waals surface area (Å²) in [7, 11) is 0. The van der Waals surface area contributed by atoms with E-state index in [1.165, 1.54) is 0 Å². The molecule has 2 amide bonds. The van der Waals surface area contributed by atoms with E-state index in [1.807, 2.05) is 65.6 Å². The average Bonchev–Trinajstić information content (AvgIpc) is 2.77. The lowest BCUT2D eigenvalue weighted by atomic mass is 9.94. The van der Waals surface area contributed by atoms with Gasteiger partial charge in [-0.15, -0.1) is 0 Å². The summed E-state index contributed by atoms with van der Waals surface area (Å²) in [5, 5.41) is 3.19. The number of nitrogens with zero attached hydrogens (tertiary/aromatic N) is 1. The zero-order valence-corrected chi connectivity index (χ0v) is 18.3. The van der Waals surface area contributed by atoms with Crippen LogP contribution in [-0.2, 0) is 9.59 Å². The standard InChI is InChI=1S/C24H27BrN2O2/c1-2-22(19-9-11-21(25)12-10-19)26-24(29)20-14-16-27(17-15-20)23(28)13-8-18-6-4-3-5-7-18/h3-13,20,22H,2,14-17H2,1H3,(H,26,29)/b13-8-/t22-/m1/s1. The number of halogens is 1. The number of rotatable bonds is 6. The van der Waals surface area contributed by atoms with Crippen molar-refractivity contribution in [2.45, 2.75) is 32.2 Å². The van der Waals surface area contributed by atoms with Crippen LogP contribution >= 0.6 is 15.9 Å². The lowest BCUT2D eigenvalue weighted by molar-refractivity contribution is -0.132. The van der Waals surface area contributed by atoms with Crippen LogP contribution in [0.4, 0.5) is 0 Å². The molecule has 0 aromatic heterocycles. The lowest BCUT2D eigenvalue weighted by Gasteiger charge is -2.31. The molecular weight excluding hydrogens is 428 g/mol. The number of carbonyl (C=O) groups is 2. The van der Waals surface area contributed by atoms with Gasteiger partial charge in [-0.3, -0.25) is 9.59 Å². The first kappa shape index (κ1) is 21.3. The lowest BCUT2D eigenvalue weighted by Crippen LogP contribution is -2.43. The van der Waals surface area contributed by atoms with E-state index in [9.17, 15) is 9.59 Å². The number of hydrogen-bond acceptors (Lipinski definition) is 2. The molecule has 5 heteroatoms. The quantitative estimate of drug-likeness (QED) is 0.626. The molecular formula is C24H27BrN2O2. The SMILES string of the molecule is CC[C@@H](NC(=O)C1CCN(C(=O)/C=C\c2ccccc2)CC1)c1ccc(Br)cc1. The van der Waals surface area contributed by atoms with E-state index >= 15 is 0 Å². The zero-order valence-electron chi connectivity index (χ0n) is 16.7. The van der Waals surface area contributed by atoms with Gasteiger partial charge >= 0.3 is 0 Å². The van der Waals surface area contributed by atoms with Crippen molar-refractivity contribution in [3.05, 3.63) is 76.3 Å². The second kappa shape index (κ2) is 10.4. The minimum absolute atomic E-state index is 0.00834. The molecule has 0 bridgehead atoms. The molecule has 1 fully saturated rings. The topological polar surface area (TPSA) is 49.4 Å². The maximum absolute atomic E-state index is 12.8. The number of likely N-dealkylation sites (tertiary alicyclic amines) is 1. The molecule has 1 heterocycles. The van der Waals surface area contributed by atoms with E-state index in [4.69, 9.17) is 0 Å². The van der Waals surface area contributed by atoms with Crippen LogP contribution in [0.15, 0.2) is 65.1 Å². The van der Waals surface area contributed by atoms with Gasteiger partial charge in [-0.25, -0.2) is 0 Å². The summed E-state index contributed by atoms with van der Waals surface area (Å²) >= 11 is 3.45. The second-order valence-corrected chi connectivity index (χ2v) is 8.28. The predicted octanol–water partition coefficient (Wildman–Crippen LogP) is 4.97. The minimum Gasteiger partial charge on any atom is -0.349 e. The van der Waals surface area contributed by atoms with Crippen molar-refractivity contribution in [2.24, 2.45) is 5.92 Å². The van der Waals surface area contributed by atoms with Gasteiger partial charge in [0.05, 0.1) is 6.04 Å². The maximum Gasteiger partial charge on any atom is 0.246 e. The van der Waals surface area contributed by atoms with Crippen molar-refractivity contribution in [3.63, 3.8) is 0 Å². The van der Waals surface area contributed by atoms with Crippen molar-refractivity contribution >= 4 is 33.8 Å². The van der Waals surface area contributed by atoms with Crippen LogP contribution in [0.2, 0.25) is 0 Å². The van der Waals surface area contributed by atoms with Crippen LogP contribution < -0.4 is 5.32 Å². The number of amides is 2. The second-order valence-electron chi connectivity index (χ2n) is 7.36. The smallest absolute Gasteiger partial charge is 0.246 e. The summed E-state index contributed by atoms with van der Waals surface area (Å²) in [6.45, 7) is 3.31. The molecule has 2 aromatic rings. The van der Waals surface area contributed by atoms with Gasteiger partial charge in [0.2, 0.25) is 11.8 Å².